The van der Waals surface area contributed by atoms with Gasteiger partial charge in [0.1, 0.15) is 5.75 Å². The fourth-order valence-electron chi connectivity index (χ4n) is 3.81. The van der Waals surface area contributed by atoms with Gasteiger partial charge in [-0.05, 0) is 24.1 Å². The van der Waals surface area contributed by atoms with E-state index in [4.69, 9.17) is 4.74 Å². The molecule has 0 saturated carbocycles. The van der Waals surface area contributed by atoms with Crippen molar-refractivity contribution < 1.29 is 13.7 Å². The zero-order valence-electron chi connectivity index (χ0n) is 17.6. The van der Waals surface area contributed by atoms with Gasteiger partial charge in [0.05, 0.1) is 12.2 Å². The SMILES string of the molecule is CC(c1ccc2c(c1)OCC2)N1CCN(c2ncc(C(=O)N=S(C)(C)=O)cn2)CC1. The molecule has 1 saturated heterocycles. The van der Waals surface area contributed by atoms with Crippen LogP contribution in [-0.2, 0) is 16.1 Å². The molecule has 1 amide bonds. The highest BCUT2D eigenvalue weighted by atomic mass is 32.2. The van der Waals surface area contributed by atoms with Gasteiger partial charge in [-0.25, -0.2) is 14.2 Å². The molecule has 0 bridgehead atoms. The number of hydrogen-bond donors (Lipinski definition) is 0. The predicted molar refractivity (Wildman–Crippen MR) is 117 cm³/mol. The second-order valence-electron chi connectivity index (χ2n) is 8.01. The lowest BCUT2D eigenvalue weighted by Gasteiger charge is -2.38. The van der Waals surface area contributed by atoms with Gasteiger partial charge >= 0.3 is 0 Å². The van der Waals surface area contributed by atoms with E-state index in [9.17, 15) is 9.00 Å². The van der Waals surface area contributed by atoms with E-state index in [0.29, 0.717) is 12.0 Å². The lowest BCUT2D eigenvalue weighted by atomic mass is 10.0. The van der Waals surface area contributed by atoms with E-state index < -0.39 is 15.6 Å². The van der Waals surface area contributed by atoms with Gasteiger partial charge in [-0.3, -0.25) is 9.69 Å². The standard InChI is InChI=1S/C21H27N5O3S/c1-15(17-5-4-16-6-11-29-19(16)12-17)25-7-9-26(10-8-25)21-22-13-18(14-23-21)20(27)24-30(2,3)28/h4-5,12-15H,6-11H2,1-3H3. The number of carbonyl (C=O) groups excluding carboxylic acids is 1. The Labute approximate surface area is 177 Å². The number of carbonyl (C=O) groups is 1. The summed E-state index contributed by atoms with van der Waals surface area (Å²) in [6.07, 6.45) is 6.77. The molecule has 0 spiro atoms. The van der Waals surface area contributed by atoms with E-state index >= 15 is 0 Å². The summed E-state index contributed by atoms with van der Waals surface area (Å²) in [4.78, 5) is 25.2. The molecule has 1 aromatic heterocycles. The number of fused-ring (bicyclic) bond motifs is 1. The molecule has 4 rings (SSSR count). The van der Waals surface area contributed by atoms with E-state index in [1.165, 1.54) is 36.0 Å². The van der Waals surface area contributed by atoms with Crippen molar-refractivity contribution in [3.05, 3.63) is 47.3 Å². The van der Waals surface area contributed by atoms with Crippen LogP contribution in [0.4, 0.5) is 5.95 Å². The normalized spacial score (nSPS) is 17.9. The van der Waals surface area contributed by atoms with Crippen molar-refractivity contribution in [1.29, 1.82) is 0 Å². The average molecular weight is 430 g/mol. The topological polar surface area (TPSA) is 88.0 Å². The van der Waals surface area contributed by atoms with Crippen LogP contribution in [-0.4, -0.2) is 70.3 Å². The van der Waals surface area contributed by atoms with Crippen LogP contribution in [0.25, 0.3) is 0 Å². The summed E-state index contributed by atoms with van der Waals surface area (Å²) in [5.74, 6) is 1.07. The fourth-order valence-corrected chi connectivity index (χ4v) is 4.31. The lowest BCUT2D eigenvalue weighted by molar-refractivity contribution is 0.100. The third-order valence-electron chi connectivity index (χ3n) is 5.54. The molecule has 1 atom stereocenters. The number of nitrogens with zero attached hydrogens (tertiary/aromatic N) is 5. The van der Waals surface area contributed by atoms with Gasteiger partial charge in [-0.1, -0.05) is 12.1 Å². The highest BCUT2D eigenvalue weighted by Gasteiger charge is 2.24. The number of hydrogen-bond acceptors (Lipinski definition) is 7. The van der Waals surface area contributed by atoms with Crippen LogP contribution >= 0.6 is 0 Å². The lowest BCUT2D eigenvalue weighted by Crippen LogP contribution is -2.47. The minimum atomic E-state index is -2.50. The number of piperazine rings is 1. The maximum atomic E-state index is 12.0. The number of aromatic nitrogens is 2. The third-order valence-corrected chi connectivity index (χ3v) is 6.14. The molecule has 2 aliphatic heterocycles. The van der Waals surface area contributed by atoms with Crippen LogP contribution in [0.5, 0.6) is 5.75 Å². The number of anilines is 1. The summed E-state index contributed by atoms with van der Waals surface area (Å²) in [5, 5.41) is 0. The Balaban J connectivity index is 1.37. The van der Waals surface area contributed by atoms with Crippen molar-refractivity contribution in [2.75, 3.05) is 50.2 Å². The first-order valence-electron chi connectivity index (χ1n) is 10.1. The minimum absolute atomic E-state index is 0.251. The summed E-state index contributed by atoms with van der Waals surface area (Å²) in [7, 11) is -2.50. The summed E-state index contributed by atoms with van der Waals surface area (Å²) < 4.78 is 21.1. The van der Waals surface area contributed by atoms with Crippen LogP contribution in [0.1, 0.15) is 34.5 Å². The average Bonchev–Trinajstić information content (AvgIpc) is 3.20. The molecule has 0 radical (unpaired) electrons. The van der Waals surface area contributed by atoms with Gasteiger partial charge < -0.3 is 9.64 Å². The molecule has 1 fully saturated rings. The largest absolute Gasteiger partial charge is 0.493 e. The second kappa shape index (κ2) is 8.31. The zero-order chi connectivity index (χ0) is 21.3. The molecule has 160 valence electrons. The molecule has 2 aliphatic rings. The summed E-state index contributed by atoms with van der Waals surface area (Å²) in [6.45, 7) is 6.41. The maximum Gasteiger partial charge on any atom is 0.288 e. The van der Waals surface area contributed by atoms with Gasteiger partial charge in [0.15, 0.2) is 0 Å². The van der Waals surface area contributed by atoms with E-state index in [1.54, 1.807) is 0 Å². The van der Waals surface area contributed by atoms with Gasteiger partial charge in [-0.2, -0.15) is 4.36 Å². The molecule has 1 aromatic carbocycles. The Morgan fingerprint density at radius 2 is 1.87 bits per heavy atom. The molecule has 8 nitrogen and oxygen atoms in total. The monoisotopic (exact) mass is 429 g/mol. The Kier molecular flexibility index (Phi) is 5.75. The van der Waals surface area contributed by atoms with Crippen molar-refractivity contribution in [2.45, 2.75) is 19.4 Å². The summed E-state index contributed by atoms with van der Waals surface area (Å²) in [5.41, 5.74) is 2.82. The quantitative estimate of drug-likeness (QED) is 0.736. The first kappa shape index (κ1) is 20.7. The molecule has 30 heavy (non-hydrogen) atoms. The van der Waals surface area contributed by atoms with E-state index in [0.717, 1.165) is 45.0 Å². The van der Waals surface area contributed by atoms with Crippen LogP contribution in [0.15, 0.2) is 35.0 Å². The molecule has 3 heterocycles. The number of ether oxygens (including phenoxy) is 1. The Bertz CT molecular complexity index is 1050. The maximum absolute atomic E-state index is 12.0. The predicted octanol–water partition coefficient (Wildman–Crippen LogP) is 2.16. The van der Waals surface area contributed by atoms with Crippen molar-refractivity contribution in [1.82, 2.24) is 14.9 Å². The van der Waals surface area contributed by atoms with Gasteiger partial charge in [-0.15, -0.1) is 0 Å². The number of amides is 1. The van der Waals surface area contributed by atoms with Crippen LogP contribution < -0.4 is 9.64 Å². The van der Waals surface area contributed by atoms with Crippen molar-refractivity contribution in [3.63, 3.8) is 0 Å². The molecule has 2 aromatic rings. The minimum Gasteiger partial charge on any atom is -0.493 e. The Morgan fingerprint density at radius 1 is 1.17 bits per heavy atom. The van der Waals surface area contributed by atoms with Crippen LogP contribution in [0, 0.1) is 0 Å². The molecule has 0 aliphatic carbocycles. The van der Waals surface area contributed by atoms with Crippen LogP contribution in [0.2, 0.25) is 0 Å². The van der Waals surface area contributed by atoms with Crippen molar-refractivity contribution in [2.24, 2.45) is 4.36 Å². The number of rotatable bonds is 4. The van der Waals surface area contributed by atoms with Crippen LogP contribution in [0.3, 0.4) is 0 Å². The van der Waals surface area contributed by atoms with Crippen molar-refractivity contribution >= 4 is 21.6 Å². The summed E-state index contributed by atoms with van der Waals surface area (Å²) >= 11 is 0. The third kappa shape index (κ3) is 4.62. The molecule has 9 heteroatoms. The van der Waals surface area contributed by atoms with Gasteiger partial charge in [0, 0.05) is 73.3 Å². The van der Waals surface area contributed by atoms with Gasteiger partial charge in [0.2, 0.25) is 5.95 Å². The Hall–Kier alpha value is -2.52. The molecule has 1 unspecified atom stereocenters. The number of benzene rings is 1. The molecular formula is C21H27N5O3S. The highest BCUT2D eigenvalue weighted by molar-refractivity contribution is 7.92. The van der Waals surface area contributed by atoms with Crippen molar-refractivity contribution in [3.8, 4) is 5.75 Å². The van der Waals surface area contributed by atoms with E-state index in [-0.39, 0.29) is 5.56 Å². The second-order valence-corrected chi connectivity index (χ2v) is 10.6. The highest BCUT2D eigenvalue weighted by Crippen LogP contribution is 2.31. The first-order chi connectivity index (χ1) is 14.3. The fraction of sp³-hybridized carbons (Fsp3) is 0.476. The smallest absolute Gasteiger partial charge is 0.288 e. The molecule has 0 N–H and O–H groups in total. The molecular weight excluding hydrogens is 402 g/mol. The van der Waals surface area contributed by atoms with E-state index in [1.807, 2.05) is 0 Å². The first-order valence-corrected chi connectivity index (χ1v) is 12.4. The Morgan fingerprint density at radius 3 is 2.53 bits per heavy atom. The summed E-state index contributed by atoms with van der Waals surface area (Å²) in [6, 6.07) is 6.87. The van der Waals surface area contributed by atoms with Gasteiger partial charge in [0.25, 0.3) is 5.91 Å². The zero-order valence-corrected chi connectivity index (χ0v) is 18.4. The van der Waals surface area contributed by atoms with E-state index in [2.05, 4.69) is 49.3 Å².